The molecule has 1 aromatic heterocycles. The van der Waals surface area contributed by atoms with Gasteiger partial charge in [0.05, 0.1) is 23.2 Å². The number of aliphatic hydroxyl groups is 1. The van der Waals surface area contributed by atoms with Gasteiger partial charge in [-0.1, -0.05) is 0 Å². The number of fused-ring (bicyclic) bond motifs is 1. The van der Waals surface area contributed by atoms with Gasteiger partial charge in [-0.3, -0.25) is 0 Å². The van der Waals surface area contributed by atoms with Gasteiger partial charge in [0.2, 0.25) is 0 Å². The van der Waals surface area contributed by atoms with Crippen LogP contribution < -0.4 is 10.6 Å². The Bertz CT molecular complexity index is 687. The molecule has 2 amide bonds. The smallest absolute Gasteiger partial charge is 0.315 e. The van der Waals surface area contributed by atoms with Crippen molar-refractivity contribution >= 4 is 17.4 Å². The summed E-state index contributed by atoms with van der Waals surface area (Å²) < 4.78 is 13.0. The summed E-state index contributed by atoms with van der Waals surface area (Å²) >= 11 is 1.54. The lowest BCUT2D eigenvalue weighted by Gasteiger charge is -2.22. The topological polar surface area (TPSA) is 74.2 Å². The molecule has 1 aliphatic carbocycles. The molecule has 0 unspecified atom stereocenters. The molecule has 5 nitrogen and oxygen atoms in total. The molecule has 1 heterocycles. The van der Waals surface area contributed by atoms with Gasteiger partial charge in [0.15, 0.2) is 0 Å². The van der Waals surface area contributed by atoms with Gasteiger partial charge in [0, 0.05) is 12.1 Å². The predicted molar refractivity (Wildman–Crippen MR) is 86.8 cm³/mol. The molecule has 0 bridgehead atoms. The van der Waals surface area contributed by atoms with Crippen LogP contribution in [-0.2, 0) is 6.42 Å². The highest BCUT2D eigenvalue weighted by molar-refractivity contribution is 7.15. The maximum Gasteiger partial charge on any atom is 0.315 e. The summed E-state index contributed by atoms with van der Waals surface area (Å²) in [6.45, 7) is 0.146. The molecular weight excluding hydrogens is 317 g/mol. The van der Waals surface area contributed by atoms with Gasteiger partial charge in [-0.2, -0.15) is 0 Å². The van der Waals surface area contributed by atoms with Crippen molar-refractivity contribution < 1.29 is 14.3 Å². The number of nitrogens with one attached hydrogen (secondary N) is 2. The Balaban J connectivity index is 1.79. The maximum atomic E-state index is 13.0. The van der Waals surface area contributed by atoms with E-state index < -0.39 is 0 Å². The van der Waals surface area contributed by atoms with Crippen LogP contribution in [0.25, 0.3) is 10.6 Å². The van der Waals surface area contributed by atoms with Crippen molar-refractivity contribution in [2.75, 3.05) is 13.2 Å². The Hall–Kier alpha value is -1.99. The Morgan fingerprint density at radius 3 is 2.91 bits per heavy atom. The summed E-state index contributed by atoms with van der Waals surface area (Å²) in [5.41, 5.74) is 1.89. The van der Waals surface area contributed by atoms with E-state index in [2.05, 4.69) is 15.6 Å². The number of hydrogen-bond acceptors (Lipinski definition) is 4. The molecule has 3 N–H and O–H groups in total. The highest BCUT2D eigenvalue weighted by Gasteiger charge is 2.26. The molecule has 0 fully saturated rings. The molecule has 122 valence electrons. The minimum absolute atomic E-state index is 0.0656. The molecule has 1 atom stereocenters. The molecule has 0 radical (unpaired) electrons. The lowest BCUT2D eigenvalue weighted by atomic mass is 9.98. The average Bonchev–Trinajstić information content (AvgIpc) is 2.99. The molecule has 2 aromatic rings. The number of urea groups is 1. The van der Waals surface area contributed by atoms with Crippen molar-refractivity contribution in [1.82, 2.24) is 15.6 Å². The van der Waals surface area contributed by atoms with Crippen LogP contribution in [0.4, 0.5) is 9.18 Å². The number of carbonyl (C=O) groups excluding carboxylic acids is 1. The first kappa shape index (κ1) is 15.9. The zero-order valence-corrected chi connectivity index (χ0v) is 13.3. The van der Waals surface area contributed by atoms with E-state index in [9.17, 15) is 9.18 Å². The number of aliphatic hydroxyl groups excluding tert-OH is 1. The van der Waals surface area contributed by atoms with E-state index in [0.717, 1.165) is 40.4 Å². The van der Waals surface area contributed by atoms with Crippen molar-refractivity contribution in [2.45, 2.75) is 25.3 Å². The zero-order valence-electron chi connectivity index (χ0n) is 12.5. The number of hydrogen-bond donors (Lipinski definition) is 3. The van der Waals surface area contributed by atoms with Gasteiger partial charge in [-0.25, -0.2) is 14.2 Å². The monoisotopic (exact) mass is 335 g/mol. The molecular formula is C16H18FN3O2S. The van der Waals surface area contributed by atoms with Gasteiger partial charge < -0.3 is 15.7 Å². The predicted octanol–water partition coefficient (Wildman–Crippen LogP) is 2.62. The molecule has 1 aromatic carbocycles. The number of amides is 2. The van der Waals surface area contributed by atoms with Crippen LogP contribution in [0.15, 0.2) is 24.3 Å². The number of aromatic nitrogens is 1. The highest BCUT2D eigenvalue weighted by Crippen LogP contribution is 2.37. The minimum Gasteiger partial charge on any atom is -0.395 e. The SMILES string of the molecule is O=C(NCCO)N[C@@H]1CCCc2nc(-c3ccc(F)cc3)sc21. The summed E-state index contributed by atoms with van der Waals surface area (Å²) in [5.74, 6) is -0.268. The molecule has 3 rings (SSSR count). The second-order valence-electron chi connectivity index (χ2n) is 5.41. The van der Waals surface area contributed by atoms with Gasteiger partial charge in [0.25, 0.3) is 0 Å². The van der Waals surface area contributed by atoms with Crippen molar-refractivity contribution in [3.63, 3.8) is 0 Å². The molecule has 0 saturated heterocycles. The fourth-order valence-electron chi connectivity index (χ4n) is 2.65. The minimum atomic E-state index is -0.284. The first-order valence-corrected chi connectivity index (χ1v) is 8.40. The summed E-state index contributed by atoms with van der Waals surface area (Å²) in [7, 11) is 0. The Kier molecular flexibility index (Phi) is 4.88. The van der Waals surface area contributed by atoms with E-state index in [4.69, 9.17) is 5.11 Å². The van der Waals surface area contributed by atoms with Crippen LogP contribution in [0, 0.1) is 5.82 Å². The van der Waals surface area contributed by atoms with Crippen LogP contribution >= 0.6 is 11.3 Å². The van der Waals surface area contributed by atoms with Crippen LogP contribution in [0.5, 0.6) is 0 Å². The molecule has 1 aliphatic rings. The number of thiazole rings is 1. The van der Waals surface area contributed by atoms with E-state index in [1.165, 1.54) is 12.1 Å². The number of aryl methyl sites for hydroxylation is 1. The largest absolute Gasteiger partial charge is 0.395 e. The summed E-state index contributed by atoms with van der Waals surface area (Å²) in [4.78, 5) is 17.5. The second kappa shape index (κ2) is 7.06. The quantitative estimate of drug-likeness (QED) is 0.804. The first-order valence-electron chi connectivity index (χ1n) is 7.58. The first-order chi connectivity index (χ1) is 11.2. The van der Waals surface area contributed by atoms with Gasteiger partial charge in [-0.15, -0.1) is 11.3 Å². The lowest BCUT2D eigenvalue weighted by Crippen LogP contribution is -2.39. The van der Waals surface area contributed by atoms with Crippen LogP contribution in [0.2, 0.25) is 0 Å². The third kappa shape index (κ3) is 3.68. The summed E-state index contributed by atoms with van der Waals surface area (Å²) in [6, 6.07) is 5.94. The summed E-state index contributed by atoms with van der Waals surface area (Å²) in [6.07, 6.45) is 2.72. The normalized spacial score (nSPS) is 16.7. The number of nitrogens with zero attached hydrogens (tertiary/aromatic N) is 1. The van der Waals surface area contributed by atoms with Crippen LogP contribution in [0.1, 0.15) is 29.5 Å². The van der Waals surface area contributed by atoms with Gasteiger partial charge in [0.1, 0.15) is 10.8 Å². The van der Waals surface area contributed by atoms with E-state index >= 15 is 0 Å². The standard InChI is InChI=1S/C16H18FN3O2S/c17-11-6-4-10(5-7-11)15-19-12-2-1-3-13(14(12)23-15)20-16(22)18-8-9-21/h4-7,13,21H,1-3,8-9H2,(H2,18,20,22)/t13-/m1/s1. The van der Waals surface area contributed by atoms with Crippen molar-refractivity contribution in [3.05, 3.63) is 40.7 Å². The van der Waals surface area contributed by atoms with Crippen LogP contribution in [0.3, 0.4) is 0 Å². The third-order valence-corrected chi connectivity index (χ3v) is 5.00. The Morgan fingerprint density at radius 2 is 2.17 bits per heavy atom. The highest BCUT2D eigenvalue weighted by atomic mass is 32.1. The van der Waals surface area contributed by atoms with Gasteiger partial charge in [-0.05, 0) is 43.5 Å². The summed E-state index contributed by atoms with van der Waals surface area (Å²) in [5, 5.41) is 15.1. The number of carbonyl (C=O) groups is 1. The number of halogens is 1. The van der Waals surface area contributed by atoms with Crippen LogP contribution in [-0.4, -0.2) is 29.3 Å². The molecule has 0 saturated carbocycles. The second-order valence-corrected chi connectivity index (χ2v) is 6.44. The Morgan fingerprint density at radius 1 is 1.39 bits per heavy atom. The van der Waals surface area contributed by atoms with E-state index in [1.807, 2.05) is 0 Å². The molecule has 0 aliphatic heterocycles. The van der Waals surface area contributed by atoms with Crippen molar-refractivity contribution in [2.24, 2.45) is 0 Å². The van der Waals surface area contributed by atoms with E-state index in [1.54, 1.807) is 23.5 Å². The zero-order chi connectivity index (χ0) is 16.2. The average molecular weight is 335 g/mol. The number of rotatable bonds is 4. The van der Waals surface area contributed by atoms with E-state index in [0.29, 0.717) is 0 Å². The molecule has 7 heteroatoms. The lowest BCUT2D eigenvalue weighted by molar-refractivity contribution is 0.229. The van der Waals surface area contributed by atoms with E-state index in [-0.39, 0.29) is 31.0 Å². The molecule has 23 heavy (non-hydrogen) atoms. The van der Waals surface area contributed by atoms with Crippen molar-refractivity contribution in [3.8, 4) is 10.6 Å². The van der Waals surface area contributed by atoms with Gasteiger partial charge >= 0.3 is 6.03 Å². The van der Waals surface area contributed by atoms with Crippen molar-refractivity contribution in [1.29, 1.82) is 0 Å². The Labute approximate surface area is 137 Å². The number of benzene rings is 1. The maximum absolute atomic E-state index is 13.0. The fourth-order valence-corrected chi connectivity index (χ4v) is 3.85. The third-order valence-electron chi connectivity index (χ3n) is 3.74. The molecule has 0 spiro atoms. The fraction of sp³-hybridized carbons (Fsp3) is 0.375.